The molecule has 4 aromatic rings. The number of esters is 1. The van der Waals surface area contributed by atoms with Gasteiger partial charge in [-0.05, 0) is 54.1 Å². The summed E-state index contributed by atoms with van der Waals surface area (Å²) in [6, 6.07) is 16.2. The van der Waals surface area contributed by atoms with E-state index in [1.54, 1.807) is 60.8 Å². The molecular weight excluding hydrogens is 344 g/mol. The third-order valence-electron chi connectivity index (χ3n) is 4.10. The van der Waals surface area contributed by atoms with Crippen LogP contribution in [0.15, 0.2) is 77.9 Å². The average molecular weight is 358 g/mol. The highest BCUT2D eigenvalue weighted by molar-refractivity contribution is 5.94. The second-order valence-electron chi connectivity index (χ2n) is 5.90. The Kier molecular flexibility index (Phi) is 4.14. The summed E-state index contributed by atoms with van der Waals surface area (Å²) in [5, 5.41) is 9.71. The average Bonchev–Trinajstić information content (AvgIpc) is 2.69. The van der Waals surface area contributed by atoms with Crippen LogP contribution in [0.5, 0.6) is 11.5 Å². The lowest BCUT2D eigenvalue weighted by molar-refractivity contribution is 0.0736. The first-order valence-corrected chi connectivity index (χ1v) is 8.19. The Morgan fingerprint density at radius 3 is 2.59 bits per heavy atom. The molecule has 0 atom stereocenters. The zero-order chi connectivity index (χ0) is 18.8. The van der Waals surface area contributed by atoms with E-state index in [-0.39, 0.29) is 22.3 Å². The fourth-order valence-electron chi connectivity index (χ4n) is 2.80. The molecule has 0 radical (unpaired) electrons. The topological polar surface area (TPSA) is 92.3 Å². The fourth-order valence-corrected chi connectivity index (χ4v) is 2.80. The molecular formula is C21H14N2O4. The molecule has 0 bridgehead atoms. The van der Waals surface area contributed by atoms with Crippen molar-refractivity contribution in [1.82, 2.24) is 9.97 Å². The first-order chi connectivity index (χ1) is 13.1. The predicted octanol–water partition coefficient (Wildman–Crippen LogP) is 3.51. The minimum absolute atomic E-state index is 0.145. The van der Waals surface area contributed by atoms with Crippen LogP contribution in [0.2, 0.25) is 0 Å². The number of pyridine rings is 2. The van der Waals surface area contributed by atoms with Crippen molar-refractivity contribution < 1.29 is 14.6 Å². The SMILES string of the molecule is O=C(Oc1cccc2[nH]c(-c3ccc(O)cc3)cc(=O)c12)c1cccnc1. The van der Waals surface area contributed by atoms with E-state index >= 15 is 0 Å². The van der Waals surface area contributed by atoms with E-state index < -0.39 is 5.97 Å². The summed E-state index contributed by atoms with van der Waals surface area (Å²) in [5.74, 6) is -0.260. The van der Waals surface area contributed by atoms with Gasteiger partial charge in [0.05, 0.1) is 16.5 Å². The first kappa shape index (κ1) is 16.5. The van der Waals surface area contributed by atoms with Crippen molar-refractivity contribution in [3.8, 4) is 22.8 Å². The van der Waals surface area contributed by atoms with Gasteiger partial charge in [-0.25, -0.2) is 4.79 Å². The molecule has 0 amide bonds. The number of hydrogen-bond acceptors (Lipinski definition) is 5. The maximum Gasteiger partial charge on any atom is 0.345 e. The molecule has 0 aliphatic carbocycles. The Labute approximate surface area is 153 Å². The van der Waals surface area contributed by atoms with Crippen molar-refractivity contribution >= 4 is 16.9 Å². The Bertz CT molecular complexity index is 1180. The molecule has 0 saturated carbocycles. The van der Waals surface area contributed by atoms with Crippen LogP contribution in [-0.2, 0) is 0 Å². The zero-order valence-electron chi connectivity index (χ0n) is 14.0. The quantitative estimate of drug-likeness (QED) is 0.432. The number of carbonyl (C=O) groups is 1. The summed E-state index contributed by atoms with van der Waals surface area (Å²) >= 11 is 0. The number of aromatic nitrogens is 2. The van der Waals surface area contributed by atoms with Crippen molar-refractivity contribution in [3.63, 3.8) is 0 Å². The molecule has 2 aromatic heterocycles. The van der Waals surface area contributed by atoms with E-state index in [1.165, 1.54) is 12.3 Å². The first-order valence-electron chi connectivity index (χ1n) is 8.19. The molecule has 2 aromatic carbocycles. The number of H-pyrrole nitrogens is 1. The number of phenolic OH excluding ortho intramolecular Hbond substituents is 1. The smallest absolute Gasteiger partial charge is 0.345 e. The second kappa shape index (κ2) is 6.76. The maximum absolute atomic E-state index is 12.7. The minimum Gasteiger partial charge on any atom is -0.508 e. The van der Waals surface area contributed by atoms with E-state index in [1.807, 2.05) is 0 Å². The highest BCUT2D eigenvalue weighted by Gasteiger charge is 2.14. The van der Waals surface area contributed by atoms with Gasteiger partial charge in [0, 0.05) is 24.2 Å². The Morgan fingerprint density at radius 2 is 1.85 bits per heavy atom. The number of carbonyl (C=O) groups excluding carboxylic acids is 1. The zero-order valence-corrected chi connectivity index (χ0v) is 14.0. The Balaban J connectivity index is 1.76. The van der Waals surface area contributed by atoms with E-state index in [4.69, 9.17) is 4.74 Å². The van der Waals surface area contributed by atoms with Crippen LogP contribution in [0.1, 0.15) is 10.4 Å². The summed E-state index contributed by atoms with van der Waals surface area (Å²) < 4.78 is 5.42. The van der Waals surface area contributed by atoms with E-state index in [2.05, 4.69) is 9.97 Å². The molecule has 2 heterocycles. The number of ether oxygens (including phenoxy) is 1. The highest BCUT2D eigenvalue weighted by atomic mass is 16.5. The molecule has 0 aliphatic heterocycles. The number of nitrogens with zero attached hydrogens (tertiary/aromatic N) is 1. The molecule has 132 valence electrons. The summed E-state index contributed by atoms with van der Waals surface area (Å²) in [6.07, 6.45) is 2.96. The maximum atomic E-state index is 12.7. The monoisotopic (exact) mass is 358 g/mol. The van der Waals surface area contributed by atoms with Crippen molar-refractivity contribution in [2.24, 2.45) is 0 Å². The number of aromatic hydroxyl groups is 1. The standard InChI is InChI=1S/C21H14N2O4/c24-15-8-6-13(7-9-15)17-11-18(25)20-16(23-17)4-1-5-19(20)27-21(26)14-3-2-10-22-12-14/h1-12,24H,(H,23,25). The Hall–Kier alpha value is -3.93. The number of hydrogen-bond donors (Lipinski definition) is 2. The van der Waals surface area contributed by atoms with Crippen molar-refractivity contribution in [2.75, 3.05) is 0 Å². The molecule has 0 spiro atoms. The van der Waals surface area contributed by atoms with Gasteiger partial charge in [-0.3, -0.25) is 9.78 Å². The molecule has 0 unspecified atom stereocenters. The molecule has 4 rings (SSSR count). The molecule has 0 saturated heterocycles. The largest absolute Gasteiger partial charge is 0.508 e. The van der Waals surface area contributed by atoms with Crippen LogP contribution >= 0.6 is 0 Å². The number of aromatic amines is 1. The molecule has 27 heavy (non-hydrogen) atoms. The summed E-state index contributed by atoms with van der Waals surface area (Å²) in [4.78, 5) is 32.1. The molecule has 2 N–H and O–H groups in total. The highest BCUT2D eigenvalue weighted by Crippen LogP contribution is 2.26. The van der Waals surface area contributed by atoms with Crippen LogP contribution in [0.25, 0.3) is 22.2 Å². The fraction of sp³-hybridized carbons (Fsp3) is 0. The van der Waals surface area contributed by atoms with Gasteiger partial charge < -0.3 is 14.8 Å². The lowest BCUT2D eigenvalue weighted by Crippen LogP contribution is -2.12. The van der Waals surface area contributed by atoms with Gasteiger partial charge >= 0.3 is 5.97 Å². The number of fused-ring (bicyclic) bond motifs is 1. The minimum atomic E-state index is -0.586. The van der Waals surface area contributed by atoms with Gasteiger partial charge in [0.25, 0.3) is 0 Å². The molecule has 0 fully saturated rings. The lowest BCUT2D eigenvalue weighted by Gasteiger charge is -2.09. The molecule has 6 nitrogen and oxygen atoms in total. The van der Waals surface area contributed by atoms with E-state index in [9.17, 15) is 14.7 Å². The van der Waals surface area contributed by atoms with Crippen LogP contribution in [-0.4, -0.2) is 21.0 Å². The normalized spacial score (nSPS) is 10.7. The van der Waals surface area contributed by atoms with Gasteiger partial charge in [-0.2, -0.15) is 0 Å². The van der Waals surface area contributed by atoms with Crippen LogP contribution in [0.3, 0.4) is 0 Å². The predicted molar refractivity (Wildman–Crippen MR) is 101 cm³/mol. The van der Waals surface area contributed by atoms with Gasteiger partial charge in [0.1, 0.15) is 11.5 Å². The van der Waals surface area contributed by atoms with Crippen molar-refractivity contribution in [2.45, 2.75) is 0 Å². The van der Waals surface area contributed by atoms with E-state index in [0.29, 0.717) is 16.8 Å². The molecule has 6 heteroatoms. The lowest BCUT2D eigenvalue weighted by atomic mass is 10.1. The van der Waals surface area contributed by atoms with Crippen LogP contribution < -0.4 is 10.2 Å². The third-order valence-corrected chi connectivity index (χ3v) is 4.10. The van der Waals surface area contributed by atoms with Gasteiger partial charge in [0.2, 0.25) is 0 Å². The van der Waals surface area contributed by atoms with Gasteiger partial charge in [-0.1, -0.05) is 6.07 Å². The number of nitrogens with one attached hydrogen (secondary N) is 1. The number of rotatable bonds is 3. The van der Waals surface area contributed by atoms with Crippen molar-refractivity contribution in [3.05, 3.63) is 88.8 Å². The summed E-state index contributed by atoms with van der Waals surface area (Å²) in [6.45, 7) is 0. The summed E-state index contributed by atoms with van der Waals surface area (Å²) in [7, 11) is 0. The van der Waals surface area contributed by atoms with E-state index in [0.717, 1.165) is 5.56 Å². The molecule has 0 aliphatic rings. The van der Waals surface area contributed by atoms with Crippen LogP contribution in [0.4, 0.5) is 0 Å². The number of phenols is 1. The van der Waals surface area contributed by atoms with Crippen LogP contribution in [0, 0.1) is 0 Å². The third kappa shape index (κ3) is 3.28. The van der Waals surface area contributed by atoms with Gasteiger partial charge in [0.15, 0.2) is 5.43 Å². The second-order valence-corrected chi connectivity index (χ2v) is 5.90. The number of benzene rings is 2. The van der Waals surface area contributed by atoms with Crippen molar-refractivity contribution in [1.29, 1.82) is 0 Å². The summed E-state index contributed by atoms with van der Waals surface area (Å²) in [5.41, 5.74) is 1.92. The Morgan fingerprint density at radius 1 is 1.04 bits per heavy atom. The van der Waals surface area contributed by atoms with Gasteiger partial charge in [-0.15, -0.1) is 0 Å².